The lowest BCUT2D eigenvalue weighted by Gasteiger charge is -2.26. The van der Waals surface area contributed by atoms with E-state index in [-0.39, 0.29) is 30.1 Å². The van der Waals surface area contributed by atoms with Crippen LogP contribution in [0.1, 0.15) is 56.8 Å². The number of ketones is 1. The Morgan fingerprint density at radius 1 is 0.946 bits per heavy atom. The fourth-order valence-electron chi connectivity index (χ4n) is 4.38. The number of nitrogens with zero attached hydrogens (tertiary/aromatic N) is 1. The summed E-state index contributed by atoms with van der Waals surface area (Å²) in [5.41, 5.74) is 1.89. The molecule has 200 valence electrons. The lowest BCUT2D eigenvalue weighted by atomic mass is 9.94. The second-order valence-electron chi connectivity index (χ2n) is 9.56. The molecule has 1 aliphatic heterocycles. The van der Waals surface area contributed by atoms with Gasteiger partial charge in [-0.25, -0.2) is 0 Å². The Kier molecular flexibility index (Phi) is 9.21. The van der Waals surface area contributed by atoms with Gasteiger partial charge in [0.25, 0.3) is 11.7 Å². The van der Waals surface area contributed by atoms with Crippen molar-refractivity contribution in [2.75, 3.05) is 27.4 Å². The molecule has 1 saturated heterocycles. The molecule has 0 aliphatic carbocycles. The van der Waals surface area contributed by atoms with Gasteiger partial charge in [0.15, 0.2) is 11.5 Å². The number of carbonyl (C=O) groups excluding carboxylic acids is 2. The molecule has 1 unspecified atom stereocenters. The fourth-order valence-corrected chi connectivity index (χ4v) is 4.38. The number of hydrogen-bond acceptors (Lipinski definition) is 7. The summed E-state index contributed by atoms with van der Waals surface area (Å²) in [5, 5.41) is 11.4. The number of ether oxygens (including phenoxy) is 4. The number of aliphatic hydroxyl groups is 1. The highest BCUT2D eigenvalue weighted by Crippen LogP contribution is 2.42. The van der Waals surface area contributed by atoms with Gasteiger partial charge in [-0.05, 0) is 82.5 Å². The molecule has 1 heterocycles. The zero-order valence-electron chi connectivity index (χ0n) is 22.7. The van der Waals surface area contributed by atoms with Gasteiger partial charge in [-0.3, -0.25) is 9.59 Å². The summed E-state index contributed by atoms with van der Waals surface area (Å²) in [6.07, 6.45) is 0.463. The number of hydrogen-bond donors (Lipinski definition) is 1. The lowest BCUT2D eigenvalue weighted by Crippen LogP contribution is -2.31. The van der Waals surface area contributed by atoms with E-state index in [2.05, 4.69) is 0 Å². The van der Waals surface area contributed by atoms with Gasteiger partial charge in [0, 0.05) is 25.8 Å². The number of likely N-dealkylation sites (tertiary alicyclic amines) is 1. The Morgan fingerprint density at radius 2 is 1.59 bits per heavy atom. The molecule has 3 rings (SSSR count). The highest BCUT2D eigenvalue weighted by molar-refractivity contribution is 6.46. The van der Waals surface area contributed by atoms with Gasteiger partial charge in [-0.2, -0.15) is 0 Å². The molecule has 1 aliphatic rings. The van der Waals surface area contributed by atoms with Crippen LogP contribution in [0.2, 0.25) is 0 Å². The summed E-state index contributed by atoms with van der Waals surface area (Å²) in [6, 6.07) is 9.69. The van der Waals surface area contributed by atoms with Crippen LogP contribution < -0.4 is 14.2 Å². The molecule has 2 aromatic carbocycles. The maximum atomic E-state index is 13.3. The van der Waals surface area contributed by atoms with Crippen molar-refractivity contribution >= 4 is 17.4 Å². The minimum atomic E-state index is -0.800. The van der Waals surface area contributed by atoms with E-state index in [1.807, 2.05) is 34.6 Å². The Morgan fingerprint density at radius 3 is 2.19 bits per heavy atom. The molecule has 0 spiro atoms. The van der Waals surface area contributed by atoms with Gasteiger partial charge >= 0.3 is 0 Å². The minimum absolute atomic E-state index is 0.00630. The van der Waals surface area contributed by atoms with E-state index in [0.717, 1.165) is 5.56 Å². The van der Waals surface area contributed by atoms with Crippen molar-refractivity contribution < 1.29 is 33.6 Å². The minimum Gasteiger partial charge on any atom is -0.507 e. The maximum absolute atomic E-state index is 13.3. The third-order valence-electron chi connectivity index (χ3n) is 5.96. The molecule has 8 nitrogen and oxygen atoms in total. The van der Waals surface area contributed by atoms with E-state index in [1.165, 1.54) is 12.0 Å². The quantitative estimate of drug-likeness (QED) is 0.196. The second kappa shape index (κ2) is 12.1. The monoisotopic (exact) mass is 511 g/mol. The topological polar surface area (TPSA) is 94.5 Å². The highest BCUT2D eigenvalue weighted by atomic mass is 16.5. The Bertz CT molecular complexity index is 1170. The molecule has 2 aromatic rings. The number of carbonyl (C=O) groups is 2. The summed E-state index contributed by atoms with van der Waals surface area (Å²) in [7, 11) is 3.12. The number of aryl methyl sites for hydroxylation is 1. The van der Waals surface area contributed by atoms with Crippen molar-refractivity contribution in [2.24, 2.45) is 0 Å². The van der Waals surface area contributed by atoms with Crippen molar-refractivity contribution in [1.29, 1.82) is 0 Å². The predicted molar refractivity (Wildman–Crippen MR) is 141 cm³/mol. The first kappa shape index (κ1) is 28.1. The first-order chi connectivity index (χ1) is 17.6. The second-order valence-corrected chi connectivity index (χ2v) is 9.56. The van der Waals surface area contributed by atoms with E-state index >= 15 is 0 Å². The average Bonchev–Trinajstić information content (AvgIpc) is 3.09. The molecule has 1 fully saturated rings. The molecule has 0 radical (unpaired) electrons. The van der Waals surface area contributed by atoms with Crippen molar-refractivity contribution in [3.8, 4) is 17.2 Å². The van der Waals surface area contributed by atoms with Crippen molar-refractivity contribution in [3.63, 3.8) is 0 Å². The number of rotatable bonds is 11. The van der Waals surface area contributed by atoms with Crippen LogP contribution in [0, 0.1) is 6.92 Å². The van der Waals surface area contributed by atoms with Crippen LogP contribution in [0.3, 0.4) is 0 Å². The Hall–Kier alpha value is -3.52. The molecule has 8 heteroatoms. The van der Waals surface area contributed by atoms with E-state index in [4.69, 9.17) is 18.9 Å². The standard InChI is InChI=1S/C29H37NO7/c1-17(2)36-22-11-10-21(15-19(22)5)27(31)25-26(30(13-8-14-34-6)29(33)28(25)32)20-9-12-23(37-18(3)4)24(16-20)35-7/h9-12,15-18,26,31H,8,13-14H2,1-7H3/b27-25+. The first-order valence-electron chi connectivity index (χ1n) is 12.5. The van der Waals surface area contributed by atoms with Crippen LogP contribution in [0.25, 0.3) is 5.76 Å². The van der Waals surface area contributed by atoms with E-state index < -0.39 is 17.7 Å². The molecule has 1 amide bonds. The zero-order valence-corrected chi connectivity index (χ0v) is 22.7. The summed E-state index contributed by atoms with van der Waals surface area (Å²) in [6.45, 7) is 10.3. The molecular weight excluding hydrogens is 474 g/mol. The molecule has 37 heavy (non-hydrogen) atoms. The van der Waals surface area contributed by atoms with Crippen LogP contribution in [0.15, 0.2) is 42.0 Å². The summed E-state index contributed by atoms with van der Waals surface area (Å²) >= 11 is 0. The normalized spacial score (nSPS) is 17.1. The van der Waals surface area contributed by atoms with Crippen molar-refractivity contribution in [1.82, 2.24) is 4.90 Å². The van der Waals surface area contributed by atoms with Crippen LogP contribution in [0.5, 0.6) is 17.2 Å². The molecule has 0 aromatic heterocycles. The Balaban J connectivity index is 2.14. The van der Waals surface area contributed by atoms with Crippen LogP contribution in [0.4, 0.5) is 0 Å². The van der Waals surface area contributed by atoms with Crippen molar-refractivity contribution in [2.45, 2.75) is 59.3 Å². The predicted octanol–water partition coefficient (Wildman–Crippen LogP) is 5.04. The van der Waals surface area contributed by atoms with Gasteiger partial charge in [0.2, 0.25) is 0 Å². The number of benzene rings is 2. The smallest absolute Gasteiger partial charge is 0.295 e. The summed E-state index contributed by atoms with van der Waals surface area (Å²) in [5.74, 6) is 0.0719. The number of aliphatic hydroxyl groups excluding tert-OH is 1. The molecule has 0 bridgehead atoms. The van der Waals surface area contributed by atoms with Gasteiger partial charge < -0.3 is 29.0 Å². The number of amides is 1. The molecule has 0 saturated carbocycles. The van der Waals surface area contributed by atoms with E-state index in [0.29, 0.717) is 41.4 Å². The average molecular weight is 512 g/mol. The molecule has 1 atom stereocenters. The highest BCUT2D eigenvalue weighted by Gasteiger charge is 2.46. The maximum Gasteiger partial charge on any atom is 0.295 e. The van der Waals surface area contributed by atoms with E-state index in [1.54, 1.807) is 43.5 Å². The lowest BCUT2D eigenvalue weighted by molar-refractivity contribution is -0.140. The fraction of sp³-hybridized carbons (Fsp3) is 0.448. The van der Waals surface area contributed by atoms with Gasteiger partial charge in [0.1, 0.15) is 11.5 Å². The first-order valence-corrected chi connectivity index (χ1v) is 12.5. The van der Waals surface area contributed by atoms with Gasteiger partial charge in [-0.1, -0.05) is 6.07 Å². The van der Waals surface area contributed by atoms with Gasteiger partial charge in [-0.15, -0.1) is 0 Å². The van der Waals surface area contributed by atoms with Crippen LogP contribution in [-0.4, -0.2) is 61.3 Å². The Labute approximate surface area is 218 Å². The van der Waals surface area contributed by atoms with Gasteiger partial charge in [0.05, 0.1) is 30.9 Å². The number of Topliss-reactive ketones (excluding diaryl/α,β-unsaturated/α-hetero) is 1. The molecular formula is C29H37NO7. The largest absolute Gasteiger partial charge is 0.507 e. The van der Waals surface area contributed by atoms with E-state index in [9.17, 15) is 14.7 Å². The summed E-state index contributed by atoms with van der Waals surface area (Å²) in [4.78, 5) is 27.9. The van der Waals surface area contributed by atoms with Crippen molar-refractivity contribution in [3.05, 3.63) is 58.7 Å². The zero-order chi connectivity index (χ0) is 27.3. The van der Waals surface area contributed by atoms with Crippen LogP contribution in [-0.2, 0) is 14.3 Å². The summed E-state index contributed by atoms with van der Waals surface area (Å²) < 4.78 is 22.3. The van der Waals surface area contributed by atoms with Crippen LogP contribution >= 0.6 is 0 Å². The molecule has 1 N–H and O–H groups in total. The third kappa shape index (κ3) is 6.25. The SMILES string of the molecule is COCCCN1C(=O)C(=O)/C(=C(/O)c2ccc(OC(C)C)c(C)c2)C1c1ccc(OC(C)C)c(OC)c1. The third-order valence-corrected chi connectivity index (χ3v) is 5.96. The number of methoxy groups -OCH3 is 2.